The molecule has 0 unspecified atom stereocenters. The minimum absolute atomic E-state index is 0.0661. The van der Waals surface area contributed by atoms with Gasteiger partial charge in [0.15, 0.2) is 16.5 Å². The van der Waals surface area contributed by atoms with Crippen molar-refractivity contribution in [2.24, 2.45) is 0 Å². The van der Waals surface area contributed by atoms with E-state index >= 15 is 0 Å². The molecule has 0 atom stereocenters. The standard InChI is InChI=1S/C16H14N4O4S2/c21-26(22,11-5-6-13-14(10-11)24-9-3-8-23-13)20-16-19-18-15(25-16)12-4-1-2-7-17-12/h1-2,4-7,10H,3,8-9H2,(H,19,20). The van der Waals surface area contributed by atoms with Crippen molar-refractivity contribution in [1.82, 2.24) is 15.2 Å². The van der Waals surface area contributed by atoms with Gasteiger partial charge < -0.3 is 9.47 Å². The summed E-state index contributed by atoms with van der Waals surface area (Å²) in [5.41, 5.74) is 0.631. The summed E-state index contributed by atoms with van der Waals surface area (Å²) in [5.74, 6) is 0.951. The van der Waals surface area contributed by atoms with Crippen LogP contribution < -0.4 is 14.2 Å². The van der Waals surface area contributed by atoms with Crippen LogP contribution in [0.1, 0.15) is 6.42 Å². The second-order valence-corrected chi connectivity index (χ2v) is 8.05. The van der Waals surface area contributed by atoms with Crippen molar-refractivity contribution in [2.75, 3.05) is 17.9 Å². The summed E-state index contributed by atoms with van der Waals surface area (Å²) >= 11 is 1.11. The van der Waals surface area contributed by atoms with Gasteiger partial charge in [0, 0.05) is 18.7 Å². The van der Waals surface area contributed by atoms with E-state index in [1.807, 2.05) is 6.07 Å². The first-order valence-electron chi connectivity index (χ1n) is 7.79. The number of anilines is 1. The Morgan fingerprint density at radius 1 is 1.04 bits per heavy atom. The molecule has 4 rings (SSSR count). The van der Waals surface area contributed by atoms with E-state index in [0.29, 0.717) is 35.4 Å². The molecular weight excluding hydrogens is 376 g/mol. The summed E-state index contributed by atoms with van der Waals surface area (Å²) < 4.78 is 38.8. The highest BCUT2D eigenvalue weighted by molar-refractivity contribution is 7.93. The molecule has 26 heavy (non-hydrogen) atoms. The highest BCUT2D eigenvalue weighted by atomic mass is 32.2. The lowest BCUT2D eigenvalue weighted by molar-refractivity contribution is 0.297. The van der Waals surface area contributed by atoms with Gasteiger partial charge in [0.2, 0.25) is 5.13 Å². The molecule has 10 heteroatoms. The first-order chi connectivity index (χ1) is 12.6. The van der Waals surface area contributed by atoms with Crippen LogP contribution in [0.15, 0.2) is 47.5 Å². The van der Waals surface area contributed by atoms with Gasteiger partial charge in [-0.15, -0.1) is 10.2 Å². The molecule has 0 saturated heterocycles. The number of pyridine rings is 1. The maximum absolute atomic E-state index is 12.6. The maximum atomic E-state index is 12.6. The van der Waals surface area contributed by atoms with Crippen molar-refractivity contribution in [3.05, 3.63) is 42.6 Å². The second kappa shape index (κ2) is 6.89. The Hall–Kier alpha value is -2.72. The summed E-state index contributed by atoms with van der Waals surface area (Å²) in [4.78, 5) is 4.24. The summed E-state index contributed by atoms with van der Waals surface area (Å²) in [6.45, 7) is 1.02. The summed E-state index contributed by atoms with van der Waals surface area (Å²) in [7, 11) is -3.83. The van der Waals surface area contributed by atoms with Crippen molar-refractivity contribution in [2.45, 2.75) is 11.3 Å². The molecule has 3 aromatic rings. The third-order valence-electron chi connectivity index (χ3n) is 3.56. The third kappa shape index (κ3) is 3.46. The van der Waals surface area contributed by atoms with Gasteiger partial charge in [0.1, 0.15) is 5.69 Å². The number of hydrogen-bond donors (Lipinski definition) is 1. The Bertz CT molecular complexity index is 1020. The molecular formula is C16H14N4O4S2. The van der Waals surface area contributed by atoms with Crippen LogP contribution in [0, 0.1) is 0 Å². The van der Waals surface area contributed by atoms with Crippen molar-refractivity contribution in [1.29, 1.82) is 0 Å². The normalized spacial score (nSPS) is 13.8. The molecule has 0 fully saturated rings. The molecule has 0 saturated carbocycles. The quantitative estimate of drug-likeness (QED) is 0.730. The smallest absolute Gasteiger partial charge is 0.263 e. The minimum Gasteiger partial charge on any atom is -0.490 e. The molecule has 1 aliphatic rings. The zero-order valence-electron chi connectivity index (χ0n) is 13.5. The van der Waals surface area contributed by atoms with Gasteiger partial charge in [-0.3, -0.25) is 9.71 Å². The van der Waals surface area contributed by atoms with Crippen LogP contribution in [0.25, 0.3) is 10.7 Å². The lowest BCUT2D eigenvalue weighted by atomic mass is 10.3. The fraction of sp³-hybridized carbons (Fsp3) is 0.188. The lowest BCUT2D eigenvalue weighted by Crippen LogP contribution is -2.13. The predicted molar refractivity (Wildman–Crippen MR) is 96.0 cm³/mol. The van der Waals surface area contributed by atoms with Gasteiger partial charge in [-0.05, 0) is 24.3 Å². The molecule has 8 nitrogen and oxygen atoms in total. The molecule has 134 valence electrons. The van der Waals surface area contributed by atoms with Crippen LogP contribution >= 0.6 is 11.3 Å². The van der Waals surface area contributed by atoms with Crippen LogP contribution in [0.4, 0.5) is 5.13 Å². The van der Waals surface area contributed by atoms with Gasteiger partial charge in [-0.1, -0.05) is 17.4 Å². The Morgan fingerprint density at radius 2 is 1.88 bits per heavy atom. The number of nitrogens with one attached hydrogen (secondary N) is 1. The number of hydrogen-bond acceptors (Lipinski definition) is 8. The van der Waals surface area contributed by atoms with E-state index in [1.165, 1.54) is 12.1 Å². The van der Waals surface area contributed by atoms with E-state index in [4.69, 9.17) is 9.47 Å². The van der Waals surface area contributed by atoms with Crippen molar-refractivity contribution in [3.63, 3.8) is 0 Å². The van der Waals surface area contributed by atoms with E-state index in [2.05, 4.69) is 19.9 Å². The minimum atomic E-state index is -3.83. The molecule has 2 aromatic heterocycles. The van der Waals surface area contributed by atoms with E-state index in [1.54, 1.807) is 24.4 Å². The highest BCUT2D eigenvalue weighted by Crippen LogP contribution is 2.33. The Kier molecular flexibility index (Phi) is 4.43. The van der Waals surface area contributed by atoms with Crippen molar-refractivity contribution < 1.29 is 17.9 Å². The van der Waals surface area contributed by atoms with Gasteiger partial charge in [-0.25, -0.2) is 8.42 Å². The molecule has 3 heterocycles. The molecule has 0 spiro atoms. The molecule has 0 bridgehead atoms. The van der Waals surface area contributed by atoms with Crippen LogP contribution in [0.3, 0.4) is 0 Å². The van der Waals surface area contributed by atoms with Gasteiger partial charge in [0.05, 0.1) is 18.1 Å². The summed E-state index contributed by atoms with van der Waals surface area (Å²) in [5, 5.41) is 8.56. The molecule has 1 N–H and O–H groups in total. The van der Waals surface area contributed by atoms with Gasteiger partial charge in [-0.2, -0.15) is 0 Å². The Labute approximate surface area is 153 Å². The SMILES string of the molecule is O=S(=O)(Nc1nnc(-c2ccccn2)s1)c1ccc2c(c1)OCCCO2. The zero-order valence-corrected chi connectivity index (χ0v) is 15.1. The van der Waals surface area contributed by atoms with Gasteiger partial charge in [0.25, 0.3) is 10.0 Å². The Morgan fingerprint density at radius 3 is 2.69 bits per heavy atom. The summed E-state index contributed by atoms with van der Waals surface area (Å²) in [6, 6.07) is 9.90. The largest absolute Gasteiger partial charge is 0.490 e. The number of benzene rings is 1. The van der Waals surface area contributed by atoms with E-state index in [0.717, 1.165) is 17.8 Å². The number of fused-ring (bicyclic) bond motifs is 1. The highest BCUT2D eigenvalue weighted by Gasteiger charge is 2.21. The zero-order chi connectivity index (χ0) is 18.0. The summed E-state index contributed by atoms with van der Waals surface area (Å²) in [6.07, 6.45) is 2.38. The van der Waals surface area contributed by atoms with Gasteiger partial charge >= 0.3 is 0 Å². The van der Waals surface area contributed by atoms with E-state index in [-0.39, 0.29) is 10.0 Å². The molecule has 0 radical (unpaired) electrons. The number of nitrogens with zero attached hydrogens (tertiary/aromatic N) is 3. The monoisotopic (exact) mass is 390 g/mol. The Balaban J connectivity index is 1.58. The van der Waals surface area contributed by atoms with Crippen LogP contribution in [-0.4, -0.2) is 36.8 Å². The first-order valence-corrected chi connectivity index (χ1v) is 10.1. The number of sulfonamides is 1. The number of ether oxygens (including phenoxy) is 2. The van der Waals surface area contributed by atoms with Crippen LogP contribution in [0.5, 0.6) is 11.5 Å². The molecule has 0 aliphatic carbocycles. The molecule has 0 amide bonds. The average Bonchev–Trinajstić information content (AvgIpc) is 2.97. The van der Waals surface area contributed by atoms with Crippen molar-refractivity contribution >= 4 is 26.5 Å². The molecule has 1 aromatic carbocycles. The van der Waals surface area contributed by atoms with E-state index < -0.39 is 10.0 Å². The second-order valence-electron chi connectivity index (χ2n) is 5.39. The predicted octanol–water partition coefficient (Wildman–Crippen LogP) is 2.56. The fourth-order valence-electron chi connectivity index (χ4n) is 2.34. The van der Waals surface area contributed by atoms with Crippen LogP contribution in [0.2, 0.25) is 0 Å². The topological polar surface area (TPSA) is 103 Å². The maximum Gasteiger partial charge on any atom is 0.263 e. The molecule has 1 aliphatic heterocycles. The average molecular weight is 390 g/mol. The lowest BCUT2D eigenvalue weighted by Gasteiger charge is -2.10. The van der Waals surface area contributed by atoms with Crippen LogP contribution in [-0.2, 0) is 10.0 Å². The van der Waals surface area contributed by atoms with Crippen molar-refractivity contribution in [3.8, 4) is 22.2 Å². The number of aromatic nitrogens is 3. The fourth-order valence-corrected chi connectivity index (χ4v) is 4.31. The number of rotatable bonds is 4. The first kappa shape index (κ1) is 16.7. The van der Waals surface area contributed by atoms with E-state index in [9.17, 15) is 8.42 Å². The third-order valence-corrected chi connectivity index (χ3v) is 5.89.